The second-order valence-corrected chi connectivity index (χ2v) is 11.1. The first-order chi connectivity index (χ1) is 21.8. The summed E-state index contributed by atoms with van der Waals surface area (Å²) in [6.07, 6.45) is 2.29. The maximum atomic E-state index is 14.2. The lowest BCUT2D eigenvalue weighted by Crippen LogP contribution is -2.76. The molecule has 4 amide bonds. The fourth-order valence-corrected chi connectivity index (χ4v) is 6.06. The molecule has 3 heterocycles. The number of carbonyl (C=O) groups is 3. The molecule has 6 rings (SSSR count). The molecule has 2 fully saturated rings. The van der Waals surface area contributed by atoms with Gasteiger partial charge < -0.3 is 24.6 Å². The van der Waals surface area contributed by atoms with E-state index in [1.807, 2.05) is 30.3 Å². The molecule has 0 unspecified atom stereocenters. The van der Waals surface area contributed by atoms with E-state index >= 15 is 0 Å². The minimum atomic E-state index is -0.932. The molecule has 2 saturated heterocycles. The van der Waals surface area contributed by atoms with Crippen LogP contribution in [0.5, 0.6) is 5.75 Å². The van der Waals surface area contributed by atoms with E-state index in [1.54, 1.807) is 46.3 Å². The van der Waals surface area contributed by atoms with Crippen LogP contribution < -0.4 is 10.7 Å². The van der Waals surface area contributed by atoms with Crippen molar-refractivity contribution in [3.05, 3.63) is 125 Å². The molecule has 2 aliphatic rings. The van der Waals surface area contributed by atoms with Gasteiger partial charge in [-0.15, -0.1) is 6.58 Å². The Morgan fingerprint density at radius 2 is 1.76 bits per heavy atom. The van der Waals surface area contributed by atoms with Gasteiger partial charge in [-0.05, 0) is 29.3 Å². The number of amides is 4. The SMILES string of the molecule is C=CCN1CC(=O)N2[C@@H](Cc3ccc(O)cc3)C(=O)N(Cc3cccc4c(=O)ccoc34)C[C@@H]2N1C(=O)NCc1ccccc1. The van der Waals surface area contributed by atoms with Gasteiger partial charge in [-0.1, -0.05) is 60.7 Å². The molecular formula is C34H33N5O6. The molecule has 0 bridgehead atoms. The van der Waals surface area contributed by atoms with E-state index in [0.717, 1.165) is 11.1 Å². The highest BCUT2D eigenvalue weighted by Crippen LogP contribution is 2.30. The zero-order chi connectivity index (χ0) is 31.5. The predicted octanol–water partition coefficient (Wildman–Crippen LogP) is 3.24. The van der Waals surface area contributed by atoms with Crippen molar-refractivity contribution >= 4 is 28.8 Å². The highest BCUT2D eigenvalue weighted by molar-refractivity contribution is 5.92. The summed E-state index contributed by atoms with van der Waals surface area (Å²) in [4.78, 5) is 57.5. The number of aromatic hydroxyl groups is 1. The summed E-state index contributed by atoms with van der Waals surface area (Å²) in [6, 6.07) is 21.2. The van der Waals surface area contributed by atoms with Gasteiger partial charge in [0.15, 0.2) is 5.43 Å². The molecule has 2 aliphatic heterocycles. The van der Waals surface area contributed by atoms with Gasteiger partial charge in [-0.3, -0.25) is 14.4 Å². The van der Waals surface area contributed by atoms with Crippen LogP contribution in [0.15, 0.2) is 107 Å². The van der Waals surface area contributed by atoms with Crippen LogP contribution in [0.3, 0.4) is 0 Å². The predicted molar refractivity (Wildman–Crippen MR) is 166 cm³/mol. The molecular weight excluding hydrogens is 574 g/mol. The van der Waals surface area contributed by atoms with E-state index in [1.165, 1.54) is 34.4 Å². The minimum absolute atomic E-state index is 0.0243. The van der Waals surface area contributed by atoms with Gasteiger partial charge in [-0.2, -0.15) is 0 Å². The van der Waals surface area contributed by atoms with Crippen molar-refractivity contribution in [3.63, 3.8) is 0 Å². The Hall–Kier alpha value is -5.42. The molecule has 11 heteroatoms. The van der Waals surface area contributed by atoms with Crippen molar-refractivity contribution in [2.45, 2.75) is 31.7 Å². The molecule has 45 heavy (non-hydrogen) atoms. The van der Waals surface area contributed by atoms with Crippen LogP contribution in [0.2, 0.25) is 0 Å². The van der Waals surface area contributed by atoms with Gasteiger partial charge in [-0.25, -0.2) is 14.8 Å². The van der Waals surface area contributed by atoms with E-state index < -0.39 is 18.2 Å². The number of benzene rings is 3. The molecule has 230 valence electrons. The summed E-state index contributed by atoms with van der Waals surface area (Å²) in [7, 11) is 0. The normalized spacial score (nSPS) is 18.6. The van der Waals surface area contributed by atoms with E-state index in [-0.39, 0.29) is 62.1 Å². The number of hydrogen-bond acceptors (Lipinski definition) is 7. The molecule has 0 aliphatic carbocycles. The van der Waals surface area contributed by atoms with Crippen molar-refractivity contribution < 1.29 is 23.9 Å². The van der Waals surface area contributed by atoms with E-state index in [4.69, 9.17) is 4.42 Å². The Labute approximate surface area is 259 Å². The van der Waals surface area contributed by atoms with E-state index in [9.17, 15) is 24.3 Å². The number of phenolic OH excluding ortho intramolecular Hbond substituents is 1. The zero-order valence-electron chi connectivity index (χ0n) is 24.5. The molecule has 0 saturated carbocycles. The number of urea groups is 1. The summed E-state index contributed by atoms with van der Waals surface area (Å²) in [5.74, 6) is -0.507. The maximum Gasteiger partial charge on any atom is 0.334 e. The lowest BCUT2D eigenvalue weighted by atomic mass is 9.98. The van der Waals surface area contributed by atoms with Crippen molar-refractivity contribution in [2.75, 3.05) is 19.6 Å². The van der Waals surface area contributed by atoms with Gasteiger partial charge in [0.25, 0.3) is 0 Å². The van der Waals surface area contributed by atoms with Gasteiger partial charge in [0.2, 0.25) is 11.8 Å². The van der Waals surface area contributed by atoms with Crippen LogP contribution in [-0.2, 0) is 29.1 Å². The molecule has 3 aromatic carbocycles. The van der Waals surface area contributed by atoms with Gasteiger partial charge in [0.1, 0.15) is 23.5 Å². The number of para-hydroxylation sites is 1. The fraction of sp³-hybridized carbons (Fsp3) is 0.235. The van der Waals surface area contributed by atoms with Gasteiger partial charge in [0, 0.05) is 37.7 Å². The van der Waals surface area contributed by atoms with Crippen LogP contribution in [0.1, 0.15) is 16.7 Å². The van der Waals surface area contributed by atoms with Crippen LogP contribution in [0, 0.1) is 0 Å². The summed E-state index contributed by atoms with van der Waals surface area (Å²) < 4.78 is 5.72. The first-order valence-corrected chi connectivity index (χ1v) is 14.7. The van der Waals surface area contributed by atoms with Crippen LogP contribution >= 0.6 is 0 Å². The number of hydrogen-bond donors (Lipinski definition) is 2. The lowest BCUT2D eigenvalue weighted by Gasteiger charge is -2.55. The Kier molecular flexibility index (Phi) is 8.35. The van der Waals surface area contributed by atoms with E-state index in [0.29, 0.717) is 16.5 Å². The average molecular weight is 608 g/mol. The topological polar surface area (TPSA) is 127 Å². The summed E-state index contributed by atoms with van der Waals surface area (Å²) >= 11 is 0. The van der Waals surface area contributed by atoms with Gasteiger partial charge >= 0.3 is 6.03 Å². The standard InChI is InChI=1S/C34H33N5O6/c1-2-16-37-22-31(42)38-28(18-23-11-13-26(40)14-12-23)33(43)36(20-25-9-6-10-27-29(41)15-17-45-32(25)27)21-30(38)39(37)34(44)35-19-24-7-4-3-5-8-24/h2-15,17,28,30,40H,1,16,18-22H2,(H,35,44)/t28-,30-/m0/s1. The van der Waals surface area contributed by atoms with Crippen molar-refractivity contribution in [3.8, 4) is 5.75 Å². The third-order valence-corrected chi connectivity index (χ3v) is 8.16. The number of nitrogens with one attached hydrogen (secondary N) is 1. The molecule has 11 nitrogen and oxygen atoms in total. The first-order valence-electron chi connectivity index (χ1n) is 14.7. The number of fused-ring (bicyclic) bond motifs is 2. The molecule has 2 N–H and O–H groups in total. The summed E-state index contributed by atoms with van der Waals surface area (Å²) in [5, 5.41) is 16.4. The molecule has 0 radical (unpaired) electrons. The smallest absolute Gasteiger partial charge is 0.334 e. The molecule has 4 aromatic rings. The first kappa shape index (κ1) is 29.6. The Morgan fingerprint density at radius 3 is 2.51 bits per heavy atom. The lowest BCUT2D eigenvalue weighted by molar-refractivity contribution is -0.189. The zero-order valence-corrected chi connectivity index (χ0v) is 24.5. The Morgan fingerprint density at radius 1 is 0.978 bits per heavy atom. The van der Waals surface area contributed by atoms with E-state index in [2.05, 4.69) is 11.9 Å². The summed E-state index contributed by atoms with van der Waals surface area (Å²) in [6.45, 7) is 4.33. The number of hydrazine groups is 1. The molecule has 1 aromatic heterocycles. The number of rotatable bonds is 8. The van der Waals surface area contributed by atoms with Crippen molar-refractivity contribution in [1.82, 2.24) is 25.1 Å². The van der Waals surface area contributed by atoms with Crippen molar-refractivity contribution in [2.24, 2.45) is 0 Å². The highest BCUT2D eigenvalue weighted by Gasteiger charge is 2.51. The molecule has 0 spiro atoms. The number of piperazine rings is 1. The maximum absolute atomic E-state index is 14.2. The van der Waals surface area contributed by atoms with Gasteiger partial charge in [0.05, 0.1) is 24.7 Å². The average Bonchev–Trinajstić information content (AvgIpc) is 3.04. The second kappa shape index (κ2) is 12.7. The van der Waals surface area contributed by atoms with Crippen LogP contribution in [-0.4, -0.2) is 74.6 Å². The molecule has 2 atom stereocenters. The minimum Gasteiger partial charge on any atom is -0.508 e. The third-order valence-electron chi connectivity index (χ3n) is 8.16. The van der Waals surface area contributed by atoms with Crippen molar-refractivity contribution in [1.29, 1.82) is 0 Å². The number of nitrogens with zero attached hydrogens (tertiary/aromatic N) is 4. The third kappa shape index (κ3) is 6.02. The quantitative estimate of drug-likeness (QED) is 0.295. The number of phenols is 1. The monoisotopic (exact) mass is 607 g/mol. The highest BCUT2D eigenvalue weighted by atomic mass is 16.3. The summed E-state index contributed by atoms with van der Waals surface area (Å²) in [5.41, 5.74) is 2.46. The largest absolute Gasteiger partial charge is 0.508 e. The Bertz CT molecular complexity index is 1790. The fourth-order valence-electron chi connectivity index (χ4n) is 6.06. The Balaban J connectivity index is 1.38. The second-order valence-electron chi connectivity index (χ2n) is 11.1. The van der Waals surface area contributed by atoms with Crippen LogP contribution in [0.4, 0.5) is 4.79 Å². The van der Waals surface area contributed by atoms with Crippen LogP contribution in [0.25, 0.3) is 11.0 Å². The number of carbonyl (C=O) groups excluding carboxylic acids is 3.